The van der Waals surface area contributed by atoms with Crippen LogP contribution in [0.3, 0.4) is 0 Å². The van der Waals surface area contributed by atoms with Crippen molar-refractivity contribution in [1.29, 1.82) is 0 Å². The standard InChI is InChI=1S/C25H26ClF2N3O5/c1-25(8-6-13(7-9-25)11-18(32)33)30-24(36)22(34)21-20(26)19(17-3-2-10-31(17)21)23(35)29-14-4-5-15(27)16(28)12-14/h4-5,12-13H,2-3,6-11H2,1H3,(H,29,35)(H,30,36)(H,32,33)/t13-,25+. The zero-order chi connectivity index (χ0) is 26.2. The molecule has 1 saturated carbocycles. The average molecular weight is 522 g/mol. The van der Waals surface area contributed by atoms with Crippen LogP contribution in [-0.2, 0) is 22.6 Å². The first-order valence-electron chi connectivity index (χ1n) is 11.7. The Morgan fingerprint density at radius 2 is 1.86 bits per heavy atom. The van der Waals surface area contributed by atoms with Gasteiger partial charge in [-0.25, -0.2) is 8.78 Å². The third-order valence-electron chi connectivity index (χ3n) is 7.02. The summed E-state index contributed by atoms with van der Waals surface area (Å²) in [5, 5.41) is 14.1. The molecule has 1 fully saturated rings. The molecule has 2 amide bonds. The first kappa shape index (κ1) is 25.8. The number of Topliss-reactive ketones (excluding diaryl/α,β-unsaturated/α-hetero) is 1. The number of nitrogens with zero attached hydrogens (tertiary/aromatic N) is 1. The Kier molecular flexibility index (Phi) is 7.17. The van der Waals surface area contributed by atoms with Gasteiger partial charge >= 0.3 is 5.97 Å². The van der Waals surface area contributed by atoms with Crippen molar-refractivity contribution >= 4 is 40.9 Å². The SMILES string of the molecule is C[C@]1(NC(=O)C(=O)c2c(Cl)c(C(=O)Nc3ccc(F)c(F)c3)c3n2CCC3)CC[C@@H](CC(=O)O)CC1. The maximum atomic E-state index is 13.6. The molecular weight excluding hydrogens is 496 g/mol. The number of carboxylic acids is 1. The molecule has 2 aromatic rings. The molecule has 0 spiro atoms. The van der Waals surface area contributed by atoms with Crippen LogP contribution in [0.2, 0.25) is 5.02 Å². The fraction of sp³-hybridized carbons (Fsp3) is 0.440. The zero-order valence-corrected chi connectivity index (χ0v) is 20.4. The molecule has 11 heteroatoms. The van der Waals surface area contributed by atoms with Gasteiger partial charge in [-0.1, -0.05) is 11.6 Å². The maximum absolute atomic E-state index is 13.6. The number of hydrogen-bond donors (Lipinski definition) is 3. The van der Waals surface area contributed by atoms with Crippen LogP contribution in [0.25, 0.3) is 0 Å². The Bertz CT molecular complexity index is 1250. The second-order valence-electron chi connectivity index (χ2n) is 9.71. The Labute approximate surface area is 211 Å². The molecule has 4 rings (SSSR count). The number of carbonyl (C=O) groups is 4. The molecular formula is C25H26ClF2N3O5. The van der Waals surface area contributed by atoms with E-state index in [4.69, 9.17) is 16.7 Å². The second kappa shape index (κ2) is 10.0. The van der Waals surface area contributed by atoms with Gasteiger partial charge in [-0.15, -0.1) is 0 Å². The lowest BCUT2D eigenvalue weighted by atomic mass is 9.76. The van der Waals surface area contributed by atoms with Gasteiger partial charge in [-0.3, -0.25) is 19.2 Å². The smallest absolute Gasteiger partial charge is 0.303 e. The number of carbonyl (C=O) groups excluding carboxylic acids is 3. The molecule has 2 heterocycles. The van der Waals surface area contributed by atoms with Gasteiger partial charge in [0.25, 0.3) is 17.6 Å². The van der Waals surface area contributed by atoms with Crippen molar-refractivity contribution in [2.24, 2.45) is 5.92 Å². The predicted molar refractivity (Wildman–Crippen MR) is 127 cm³/mol. The Hall–Kier alpha value is -3.27. The monoisotopic (exact) mass is 521 g/mol. The van der Waals surface area contributed by atoms with Crippen LogP contribution in [0.15, 0.2) is 18.2 Å². The average Bonchev–Trinajstić information content (AvgIpc) is 3.36. The third-order valence-corrected chi connectivity index (χ3v) is 7.39. The number of ketones is 1. The van der Waals surface area contributed by atoms with Crippen molar-refractivity contribution in [2.75, 3.05) is 5.32 Å². The number of nitrogens with one attached hydrogen (secondary N) is 2. The van der Waals surface area contributed by atoms with Crippen LogP contribution < -0.4 is 10.6 Å². The molecule has 0 saturated heterocycles. The molecule has 1 aromatic heterocycles. The van der Waals surface area contributed by atoms with E-state index in [2.05, 4.69) is 10.6 Å². The Morgan fingerprint density at radius 3 is 2.50 bits per heavy atom. The minimum absolute atomic E-state index is 0.0185. The molecule has 0 atom stereocenters. The van der Waals surface area contributed by atoms with Crippen molar-refractivity contribution in [3.05, 3.63) is 51.8 Å². The van der Waals surface area contributed by atoms with Crippen LogP contribution in [0.1, 0.15) is 72.0 Å². The van der Waals surface area contributed by atoms with Gasteiger partial charge in [-0.05, 0) is 63.5 Å². The highest BCUT2D eigenvalue weighted by Gasteiger charge is 2.38. The second-order valence-corrected chi connectivity index (χ2v) is 10.1. The number of aliphatic carboxylic acids is 1. The molecule has 1 aliphatic heterocycles. The van der Waals surface area contributed by atoms with E-state index in [0.29, 0.717) is 50.8 Å². The van der Waals surface area contributed by atoms with E-state index in [-0.39, 0.29) is 34.3 Å². The number of hydrogen-bond acceptors (Lipinski definition) is 4. The van der Waals surface area contributed by atoms with Gasteiger partial charge < -0.3 is 20.3 Å². The zero-order valence-electron chi connectivity index (χ0n) is 19.6. The van der Waals surface area contributed by atoms with Crippen molar-refractivity contribution < 1.29 is 33.1 Å². The minimum atomic E-state index is -1.13. The molecule has 0 radical (unpaired) electrons. The van der Waals surface area contributed by atoms with Crippen LogP contribution in [0.4, 0.5) is 14.5 Å². The minimum Gasteiger partial charge on any atom is -0.481 e. The lowest BCUT2D eigenvalue weighted by Gasteiger charge is -2.37. The van der Waals surface area contributed by atoms with E-state index in [1.54, 1.807) is 4.57 Å². The number of carboxylic acid groups (broad SMARTS) is 1. The molecule has 0 unspecified atom stereocenters. The highest BCUT2D eigenvalue weighted by atomic mass is 35.5. The number of halogens is 3. The van der Waals surface area contributed by atoms with Crippen LogP contribution in [0, 0.1) is 17.6 Å². The largest absolute Gasteiger partial charge is 0.481 e. The summed E-state index contributed by atoms with van der Waals surface area (Å²) in [6, 6.07) is 2.92. The summed E-state index contributed by atoms with van der Waals surface area (Å²) in [4.78, 5) is 50.1. The van der Waals surface area contributed by atoms with Crippen LogP contribution >= 0.6 is 11.6 Å². The predicted octanol–water partition coefficient (Wildman–Crippen LogP) is 4.34. The molecule has 1 aromatic carbocycles. The normalized spacial score (nSPS) is 21.1. The van der Waals surface area contributed by atoms with Crippen molar-refractivity contribution in [3.8, 4) is 0 Å². The summed E-state index contributed by atoms with van der Waals surface area (Å²) in [5.74, 6) is -5.43. The van der Waals surface area contributed by atoms with Gasteiger partial charge in [0.05, 0.1) is 10.6 Å². The molecule has 3 N–H and O–H groups in total. The summed E-state index contributed by atoms with van der Waals surface area (Å²) >= 11 is 6.48. The highest BCUT2D eigenvalue weighted by Crippen LogP contribution is 2.36. The van der Waals surface area contributed by atoms with Crippen LogP contribution in [-0.4, -0.2) is 38.8 Å². The highest BCUT2D eigenvalue weighted by molar-refractivity contribution is 6.48. The number of rotatable bonds is 7. The number of anilines is 1. The van der Waals surface area contributed by atoms with Crippen molar-refractivity contribution in [2.45, 2.75) is 64.0 Å². The summed E-state index contributed by atoms with van der Waals surface area (Å²) in [5.41, 5.74) is -0.209. The van der Waals surface area contributed by atoms with E-state index in [0.717, 1.165) is 12.1 Å². The lowest BCUT2D eigenvalue weighted by Crippen LogP contribution is -2.50. The molecule has 192 valence electrons. The molecule has 0 bridgehead atoms. The van der Waals surface area contributed by atoms with Crippen molar-refractivity contribution in [1.82, 2.24) is 9.88 Å². The summed E-state index contributed by atoms with van der Waals surface area (Å²) in [7, 11) is 0. The van der Waals surface area contributed by atoms with Gasteiger partial charge in [0.1, 0.15) is 5.69 Å². The van der Waals surface area contributed by atoms with Gasteiger partial charge in [-0.2, -0.15) is 0 Å². The first-order valence-corrected chi connectivity index (χ1v) is 12.1. The molecule has 8 nitrogen and oxygen atoms in total. The van der Waals surface area contributed by atoms with E-state index < -0.39 is 40.7 Å². The topological polar surface area (TPSA) is 117 Å². The quantitative estimate of drug-likeness (QED) is 0.370. The van der Waals surface area contributed by atoms with E-state index in [1.165, 1.54) is 6.07 Å². The van der Waals surface area contributed by atoms with Gasteiger partial charge in [0.2, 0.25) is 0 Å². The molecule has 36 heavy (non-hydrogen) atoms. The maximum Gasteiger partial charge on any atom is 0.303 e. The summed E-state index contributed by atoms with van der Waals surface area (Å²) in [6.07, 6.45) is 3.47. The summed E-state index contributed by atoms with van der Waals surface area (Å²) in [6.45, 7) is 2.22. The van der Waals surface area contributed by atoms with Gasteiger partial charge in [0, 0.05) is 36.0 Å². The number of amides is 2. The fourth-order valence-corrected chi connectivity index (χ4v) is 5.48. The number of fused-ring (bicyclic) bond motifs is 1. The van der Waals surface area contributed by atoms with E-state index in [1.807, 2.05) is 6.92 Å². The fourth-order valence-electron chi connectivity index (χ4n) is 5.09. The van der Waals surface area contributed by atoms with E-state index >= 15 is 0 Å². The number of aromatic nitrogens is 1. The third kappa shape index (κ3) is 5.13. The lowest BCUT2D eigenvalue weighted by molar-refractivity contribution is -0.138. The molecule has 2 aliphatic rings. The number of benzene rings is 1. The van der Waals surface area contributed by atoms with Crippen molar-refractivity contribution in [3.63, 3.8) is 0 Å². The first-order chi connectivity index (χ1) is 17.0. The summed E-state index contributed by atoms with van der Waals surface area (Å²) < 4.78 is 28.3. The molecule has 1 aliphatic carbocycles. The Balaban J connectivity index is 1.52. The Morgan fingerprint density at radius 1 is 1.17 bits per heavy atom. The van der Waals surface area contributed by atoms with Crippen LogP contribution in [0.5, 0.6) is 0 Å². The van der Waals surface area contributed by atoms with Gasteiger partial charge in [0.15, 0.2) is 11.6 Å². The van der Waals surface area contributed by atoms with E-state index in [9.17, 15) is 28.0 Å².